The zero-order valence-electron chi connectivity index (χ0n) is 67.0. The van der Waals surface area contributed by atoms with Gasteiger partial charge in [0.1, 0.15) is 23.9 Å². The van der Waals surface area contributed by atoms with E-state index in [0.717, 1.165) is 84.9 Å². The Balaban J connectivity index is 0.000000290. The molecule has 4 aromatic heterocycles. The number of methoxy groups -OCH3 is 2. The van der Waals surface area contributed by atoms with E-state index in [9.17, 15) is 28.8 Å². The number of hydrogen-bond donors (Lipinski definition) is 4. The standard InChI is InChI=1S/C55H78FN9O8.C28H33N7O2/c1-13-64-44-19-18-37-30-40(44)41(48(64)39-16-14-24-57-46(39)36(4)71-12)32-53(5,6)34-73-51(69)42-17-15-25-65(59-42)50(68)43(31-38-33-63(37)28-29-72-38)58-49(67)47(35(2)3)61(11)52(70)55(56)22-26-62(27-23-55)45(66)20-21-54(7,8)60(9)10;1-7-27(36)30-22-16-23(26(37-6)17-25(22)34(4)15-14-33(2)3)32-28-29-13-12-21(31-28)20-18-35(5)24-11-9-8-10-19(20)24/h14,16,18-19,24,30,35-36,38,42-43,47,59H,13,15,17,22-23,25-29,31-34H2,1-12H3,(H,58,67);7-13,16-18H,1,14-15H2,2-6H3,(H,30,36)(H,29,31,32). The van der Waals surface area contributed by atoms with Crippen LogP contribution in [0.5, 0.6) is 5.75 Å². The minimum absolute atomic E-state index is 0.0172. The van der Waals surface area contributed by atoms with Crippen LogP contribution in [0.15, 0.2) is 104 Å². The van der Waals surface area contributed by atoms with Crippen molar-refractivity contribution in [2.75, 3.05) is 136 Å². The normalized spacial score (nSPS) is 18.6. The maximum Gasteiger partial charge on any atom is 0.324 e. The van der Waals surface area contributed by atoms with Crippen LogP contribution < -0.4 is 35.9 Å². The van der Waals surface area contributed by atoms with Gasteiger partial charge < -0.3 is 68.5 Å². The zero-order valence-corrected chi connectivity index (χ0v) is 67.0. The monoisotopic (exact) mass is 1510 g/mol. The number of morpholine rings is 1. The number of amides is 5. The number of halogens is 1. The smallest absolute Gasteiger partial charge is 0.324 e. The quantitative estimate of drug-likeness (QED) is 0.0314. The van der Waals surface area contributed by atoms with Crippen LogP contribution in [0.4, 0.5) is 33.1 Å². The second-order valence-electron chi connectivity index (χ2n) is 31.2. The third-order valence-corrected chi connectivity index (χ3v) is 21.5. The fourth-order valence-corrected chi connectivity index (χ4v) is 14.7. The molecule has 3 aromatic carbocycles. The van der Waals surface area contributed by atoms with E-state index in [0.29, 0.717) is 68.6 Å². The lowest BCUT2D eigenvalue weighted by Gasteiger charge is -2.41. The summed E-state index contributed by atoms with van der Waals surface area (Å²) in [7, 11) is 16.5. The highest BCUT2D eigenvalue weighted by atomic mass is 19.1. The number of benzene rings is 3. The number of nitrogens with one attached hydrogen (secondary N) is 4. The van der Waals surface area contributed by atoms with Crippen LogP contribution >= 0.6 is 0 Å². The number of fused-ring (bicyclic) bond motifs is 7. The molecular weight excluding hydrogens is 1400 g/mol. The average Bonchev–Trinajstić information content (AvgIpc) is 1.58. The molecule has 0 spiro atoms. The van der Waals surface area contributed by atoms with Crippen LogP contribution in [0.3, 0.4) is 0 Å². The predicted octanol–water partition coefficient (Wildman–Crippen LogP) is 9.80. The van der Waals surface area contributed by atoms with Gasteiger partial charge in [0.15, 0.2) is 5.67 Å². The summed E-state index contributed by atoms with van der Waals surface area (Å²) in [5, 5.41) is 12.7. The Morgan fingerprint density at radius 3 is 2.33 bits per heavy atom. The van der Waals surface area contributed by atoms with Crippen LogP contribution in [0, 0.1) is 23.2 Å². The molecular formula is C83H111FN16O10. The fraction of sp³-hybridized carbons (Fsp3) is 0.506. The minimum Gasteiger partial charge on any atom is -0.494 e. The molecule has 27 heteroatoms. The lowest BCUT2D eigenvalue weighted by Crippen LogP contribution is -2.63. The van der Waals surface area contributed by atoms with Crippen LogP contribution in [0.1, 0.15) is 105 Å². The molecule has 7 aromatic rings. The van der Waals surface area contributed by atoms with Crippen LogP contribution in [0.2, 0.25) is 0 Å². The van der Waals surface area contributed by atoms with Crippen LogP contribution in [-0.4, -0.2) is 235 Å². The molecule has 4 aliphatic rings. The summed E-state index contributed by atoms with van der Waals surface area (Å²) < 4.78 is 45.2. The van der Waals surface area contributed by atoms with Crippen molar-refractivity contribution in [2.45, 2.75) is 142 Å². The largest absolute Gasteiger partial charge is 0.494 e. The number of pyridine rings is 1. The van der Waals surface area contributed by atoms with Gasteiger partial charge in [-0.3, -0.25) is 43.7 Å². The van der Waals surface area contributed by atoms with Crippen molar-refractivity contribution in [3.8, 4) is 40.1 Å². The molecule has 4 aliphatic heterocycles. The Morgan fingerprint density at radius 2 is 1.64 bits per heavy atom. The number of ether oxygens (including phenoxy) is 4. The first kappa shape index (κ1) is 82.5. The molecule has 4 N–H and O–H groups in total. The van der Waals surface area contributed by atoms with Gasteiger partial charge in [-0.05, 0) is 147 Å². The molecule has 0 aliphatic carbocycles. The topological polar surface area (TPSA) is 259 Å². The number of para-hydroxylation sites is 1. The molecule has 590 valence electrons. The number of carbonyl (C=O) groups excluding carboxylic acids is 6. The predicted molar refractivity (Wildman–Crippen MR) is 429 cm³/mol. The molecule has 11 rings (SSSR count). The van der Waals surface area contributed by atoms with E-state index in [2.05, 4.69) is 132 Å². The Kier molecular flexibility index (Phi) is 26.5. The second kappa shape index (κ2) is 35.4. The highest BCUT2D eigenvalue weighted by Crippen LogP contribution is 2.44. The fourth-order valence-electron chi connectivity index (χ4n) is 14.7. The average molecular weight is 1510 g/mol. The van der Waals surface area contributed by atoms with Crippen molar-refractivity contribution in [1.29, 1.82) is 0 Å². The van der Waals surface area contributed by atoms with E-state index in [4.69, 9.17) is 28.9 Å². The lowest BCUT2D eigenvalue weighted by atomic mass is 9.84. The van der Waals surface area contributed by atoms with Gasteiger partial charge in [0.2, 0.25) is 17.8 Å². The van der Waals surface area contributed by atoms with Gasteiger partial charge in [0.05, 0.1) is 72.2 Å². The van der Waals surface area contributed by atoms with Crippen molar-refractivity contribution < 1.29 is 52.1 Å². The third kappa shape index (κ3) is 18.9. The highest BCUT2D eigenvalue weighted by Gasteiger charge is 2.48. The number of carbonyl (C=O) groups is 6. The SMILES string of the molecule is C=CC(=O)Nc1cc(Nc2nccc(-c3cn(C)c4ccccc34)n2)c(OC)cc1N(C)CCN(C)C.CCn1c(-c2cccnc2C(C)OC)c2c3cc(ccc31)N1CCOC(CC(NC(=O)C(C(C)C)N(C)C(=O)C3(F)CCN(C(=O)C#CC(C)(C)N(C)C)CC3)C(=O)N3CCCC(N3)C(=O)OCC(C)(C)C2)C1. The maximum atomic E-state index is 16.8. The van der Waals surface area contributed by atoms with E-state index in [-0.39, 0.29) is 57.5 Å². The third-order valence-electron chi connectivity index (χ3n) is 21.5. The van der Waals surface area contributed by atoms with Crippen molar-refractivity contribution in [3.05, 3.63) is 115 Å². The molecule has 26 nitrogen and oxygen atoms in total. The number of likely N-dealkylation sites (tertiary alicyclic amines) is 1. The number of piperidine rings is 1. The zero-order chi connectivity index (χ0) is 79.7. The molecule has 0 saturated carbocycles. The Morgan fingerprint density at radius 1 is 0.891 bits per heavy atom. The van der Waals surface area contributed by atoms with E-state index in [1.807, 2.05) is 104 Å². The van der Waals surface area contributed by atoms with Gasteiger partial charge in [-0.15, -0.1) is 0 Å². The van der Waals surface area contributed by atoms with Gasteiger partial charge in [-0.25, -0.2) is 19.8 Å². The summed E-state index contributed by atoms with van der Waals surface area (Å²) in [5.74, 6) is 2.99. The Bertz CT molecular complexity index is 4570. The highest BCUT2D eigenvalue weighted by molar-refractivity contribution is 6.03. The molecule has 6 bridgehead atoms. The number of likely N-dealkylation sites (N-methyl/N-ethyl adjacent to an activating group) is 3. The van der Waals surface area contributed by atoms with Gasteiger partial charge in [0, 0.05) is 169 Å². The summed E-state index contributed by atoms with van der Waals surface area (Å²) in [6, 6.07) is 21.2. The van der Waals surface area contributed by atoms with E-state index < -0.39 is 76.4 Å². The minimum atomic E-state index is -2.34. The number of aromatic nitrogens is 5. The van der Waals surface area contributed by atoms with E-state index in [1.165, 1.54) is 23.0 Å². The number of anilines is 5. The number of aryl methyl sites for hydroxylation is 2. The van der Waals surface area contributed by atoms with Gasteiger partial charge in [-0.2, -0.15) is 0 Å². The summed E-state index contributed by atoms with van der Waals surface area (Å²) in [6.07, 6.45) is 7.08. The Labute approximate surface area is 646 Å². The van der Waals surface area contributed by atoms with Gasteiger partial charge in [-0.1, -0.05) is 58.4 Å². The second-order valence-corrected chi connectivity index (χ2v) is 31.2. The van der Waals surface area contributed by atoms with Crippen molar-refractivity contribution in [1.82, 2.24) is 59.4 Å². The summed E-state index contributed by atoms with van der Waals surface area (Å²) in [6.45, 7) is 23.2. The number of alkyl halides is 1. The molecule has 5 atom stereocenters. The summed E-state index contributed by atoms with van der Waals surface area (Å²) >= 11 is 0. The molecule has 3 saturated heterocycles. The molecule has 3 fully saturated rings. The van der Waals surface area contributed by atoms with Crippen molar-refractivity contribution in [3.63, 3.8) is 0 Å². The number of hydrazine groups is 1. The number of nitrogens with zero attached hydrogens (tertiary/aromatic N) is 12. The number of cyclic esters (lactones) is 1. The van der Waals surface area contributed by atoms with Gasteiger partial charge >= 0.3 is 5.97 Å². The maximum absolute atomic E-state index is 16.8. The van der Waals surface area contributed by atoms with Crippen LogP contribution in [-0.2, 0) is 63.0 Å². The first-order chi connectivity index (χ1) is 52.3. The van der Waals surface area contributed by atoms with Gasteiger partial charge in [0.25, 0.3) is 17.7 Å². The van der Waals surface area contributed by atoms with Crippen molar-refractivity contribution in [2.24, 2.45) is 18.4 Å². The molecule has 8 heterocycles. The lowest BCUT2D eigenvalue weighted by molar-refractivity contribution is -0.156. The molecule has 5 unspecified atom stereocenters. The number of rotatable bonds is 20. The van der Waals surface area contributed by atoms with Crippen LogP contribution in [0.25, 0.3) is 44.3 Å². The van der Waals surface area contributed by atoms with E-state index in [1.54, 1.807) is 40.5 Å². The first-order valence-corrected chi connectivity index (χ1v) is 37.9. The molecule has 0 radical (unpaired) electrons. The van der Waals surface area contributed by atoms with E-state index >= 15 is 4.39 Å². The summed E-state index contributed by atoms with van der Waals surface area (Å²) in [4.78, 5) is 108. The summed E-state index contributed by atoms with van der Waals surface area (Å²) in [5.41, 5.74) is 10.7. The first-order valence-electron chi connectivity index (χ1n) is 37.9. The molecule has 110 heavy (non-hydrogen) atoms. The number of hydrogen-bond acceptors (Lipinski definition) is 19. The van der Waals surface area contributed by atoms with Crippen molar-refractivity contribution >= 4 is 86.0 Å². The Hall–Kier alpha value is -9.98. The molecule has 5 amide bonds. The number of esters is 1.